The van der Waals surface area contributed by atoms with Crippen LogP contribution < -0.4 is 14.8 Å². The molecule has 190 valence electrons. The van der Waals surface area contributed by atoms with Gasteiger partial charge >= 0.3 is 0 Å². The molecular weight excluding hydrogens is 458 g/mol. The molecule has 0 N–H and O–H groups in total. The van der Waals surface area contributed by atoms with Crippen molar-refractivity contribution >= 4 is 22.6 Å². The normalized spacial score (nSPS) is 10.9. The van der Waals surface area contributed by atoms with E-state index in [0.717, 1.165) is 70.6 Å². The summed E-state index contributed by atoms with van der Waals surface area (Å²) in [5, 5.41) is 2.09. The first-order chi connectivity index (χ1) is 18.0. The fraction of sp³-hybridized carbons (Fsp3) is 0.312. The molecule has 0 saturated heterocycles. The van der Waals surface area contributed by atoms with Crippen LogP contribution in [-0.4, -0.2) is 50.6 Å². The molecule has 5 heteroatoms. The molecule has 0 aromatic heterocycles. The lowest BCUT2D eigenvalue weighted by molar-refractivity contribution is 0.0813. The van der Waals surface area contributed by atoms with Crippen molar-refractivity contribution in [1.82, 2.24) is 9.48 Å². The second-order valence-electron chi connectivity index (χ2n) is 9.09. The minimum Gasteiger partial charge on any atom is -0.456 e. The van der Waals surface area contributed by atoms with E-state index in [-0.39, 0.29) is 12.5 Å². The second-order valence-corrected chi connectivity index (χ2v) is 9.09. The van der Waals surface area contributed by atoms with E-state index in [1.54, 1.807) is 11.9 Å². The van der Waals surface area contributed by atoms with Crippen LogP contribution in [-0.2, 0) is 0 Å². The molecule has 2 aliphatic rings. The Balaban J connectivity index is 2.09. The highest BCUT2D eigenvalue weighted by molar-refractivity contribution is 6.09. The van der Waals surface area contributed by atoms with Crippen molar-refractivity contribution in [3.63, 3.8) is 0 Å². The highest BCUT2D eigenvalue weighted by Crippen LogP contribution is 2.42. The molecule has 1 heterocycles. The fourth-order valence-electron chi connectivity index (χ4n) is 5.03. The zero-order valence-corrected chi connectivity index (χ0v) is 22.5. The van der Waals surface area contributed by atoms with Gasteiger partial charge in [0.2, 0.25) is 5.36 Å². The summed E-state index contributed by atoms with van der Waals surface area (Å²) in [5.41, 5.74) is 5.36. The first-order valence-electron chi connectivity index (χ1n) is 13.1. The Morgan fingerprint density at radius 1 is 0.946 bits per heavy atom. The molecule has 1 aliphatic carbocycles. The maximum absolute atomic E-state index is 13.4. The average molecular weight is 495 g/mol. The molecule has 37 heavy (non-hydrogen) atoms. The quantitative estimate of drug-likeness (QED) is 0.183. The van der Waals surface area contributed by atoms with Gasteiger partial charge in [0.05, 0.1) is 12.6 Å². The van der Waals surface area contributed by atoms with E-state index in [2.05, 4.69) is 79.5 Å². The summed E-state index contributed by atoms with van der Waals surface area (Å²) >= 11 is 0. The van der Waals surface area contributed by atoms with Gasteiger partial charge in [-0.2, -0.15) is 0 Å². The maximum Gasteiger partial charge on any atom is 0.255 e. The van der Waals surface area contributed by atoms with Crippen LogP contribution in [0.4, 0.5) is 5.69 Å². The molecule has 0 spiro atoms. The molecule has 0 bridgehead atoms. The summed E-state index contributed by atoms with van der Waals surface area (Å²) in [7, 11) is 1.74. The summed E-state index contributed by atoms with van der Waals surface area (Å²) in [6.07, 6.45) is 5.50. The van der Waals surface area contributed by atoms with Gasteiger partial charge in [0.25, 0.3) is 5.91 Å². The van der Waals surface area contributed by atoms with Gasteiger partial charge in [-0.25, -0.2) is 4.58 Å². The Morgan fingerprint density at radius 2 is 1.68 bits per heavy atom. The fourth-order valence-corrected chi connectivity index (χ4v) is 5.03. The Bertz CT molecular complexity index is 1500. The van der Waals surface area contributed by atoms with Gasteiger partial charge in [0.15, 0.2) is 0 Å². The first kappa shape index (κ1) is 26.0. The van der Waals surface area contributed by atoms with Crippen molar-refractivity contribution in [2.24, 2.45) is 0 Å². The number of nitrogens with zero attached hydrogens (tertiary/aromatic N) is 3. The van der Waals surface area contributed by atoms with Gasteiger partial charge in [-0.15, -0.1) is 6.42 Å². The number of benzene rings is 3. The minimum absolute atomic E-state index is 0.102. The number of carbonyl (C=O) groups excluding carboxylic acids is 1. The molecule has 1 amide bonds. The van der Waals surface area contributed by atoms with E-state index in [1.165, 1.54) is 0 Å². The third-order valence-corrected chi connectivity index (χ3v) is 7.05. The van der Waals surface area contributed by atoms with Crippen LogP contribution in [0.2, 0.25) is 0 Å². The van der Waals surface area contributed by atoms with Gasteiger partial charge in [0.1, 0.15) is 24.4 Å². The highest BCUT2D eigenvalue weighted by Gasteiger charge is 2.23. The first-order valence-corrected chi connectivity index (χ1v) is 13.1. The van der Waals surface area contributed by atoms with E-state index in [0.29, 0.717) is 5.56 Å². The SMILES string of the molecule is C#CCN(C)C(=O)c1ccccc1-c1c2ccc(=[N+](CC)CC)cc-2oc2cc(N(CC)CC)ccc12. The number of rotatable bonds is 8. The average Bonchev–Trinajstić information content (AvgIpc) is 2.92. The molecule has 0 fully saturated rings. The number of hydrogen-bond acceptors (Lipinski definition) is 3. The van der Waals surface area contributed by atoms with E-state index in [1.807, 2.05) is 24.3 Å². The molecule has 0 radical (unpaired) electrons. The molecular formula is C32H36N3O2+. The Labute approximate surface area is 220 Å². The molecule has 5 nitrogen and oxygen atoms in total. The number of fused-ring (bicyclic) bond motifs is 2. The Hall–Kier alpha value is -4.04. The number of hydrogen-bond donors (Lipinski definition) is 0. The topological polar surface area (TPSA) is 39.7 Å². The second kappa shape index (κ2) is 11.3. The summed E-state index contributed by atoms with van der Waals surface area (Å²) in [6.45, 7) is 12.5. The predicted molar refractivity (Wildman–Crippen MR) is 154 cm³/mol. The summed E-state index contributed by atoms with van der Waals surface area (Å²) in [5.74, 6) is 3.27. The summed E-state index contributed by atoms with van der Waals surface area (Å²) in [4.78, 5) is 17.3. The molecule has 4 rings (SSSR count). The van der Waals surface area contributed by atoms with Gasteiger partial charge in [-0.1, -0.05) is 24.1 Å². The largest absolute Gasteiger partial charge is 0.456 e. The Morgan fingerprint density at radius 3 is 2.35 bits per heavy atom. The summed E-state index contributed by atoms with van der Waals surface area (Å²) < 4.78 is 8.88. The molecule has 0 saturated carbocycles. The van der Waals surface area contributed by atoms with Crippen molar-refractivity contribution in [1.29, 1.82) is 0 Å². The van der Waals surface area contributed by atoms with Crippen molar-refractivity contribution < 1.29 is 9.21 Å². The van der Waals surface area contributed by atoms with Crippen LogP contribution in [0.1, 0.15) is 38.1 Å². The number of amides is 1. The summed E-state index contributed by atoms with van der Waals surface area (Å²) in [6, 6.07) is 20.5. The van der Waals surface area contributed by atoms with Crippen LogP contribution >= 0.6 is 0 Å². The third kappa shape index (κ3) is 4.97. The molecule has 0 atom stereocenters. The monoisotopic (exact) mass is 494 g/mol. The standard InChI is InChI=1S/C32H36N3O2/c1-7-20-33(6)32(36)26-15-13-12-14-25(26)31-27-18-16-23(34(8-2)9-3)21-29(27)37-30-22-24(17-19-28(30)31)35(10-4)11-5/h1,12-19,21-22H,8-11,20H2,2-6H3/q+1. The number of anilines is 1. The Kier molecular flexibility index (Phi) is 7.98. The zero-order valence-electron chi connectivity index (χ0n) is 22.5. The van der Waals surface area contributed by atoms with Gasteiger partial charge in [-0.3, -0.25) is 4.79 Å². The number of carbonyl (C=O) groups is 1. The van der Waals surface area contributed by atoms with Crippen LogP contribution in [0.5, 0.6) is 0 Å². The third-order valence-electron chi connectivity index (χ3n) is 7.05. The van der Waals surface area contributed by atoms with Crippen molar-refractivity contribution in [3.05, 3.63) is 71.6 Å². The molecule has 1 aliphatic heterocycles. The van der Waals surface area contributed by atoms with Crippen LogP contribution in [0, 0.1) is 12.3 Å². The lowest BCUT2D eigenvalue weighted by Gasteiger charge is -2.23. The predicted octanol–water partition coefficient (Wildman–Crippen LogP) is 5.57. The smallest absolute Gasteiger partial charge is 0.255 e. The van der Waals surface area contributed by atoms with E-state index in [9.17, 15) is 4.79 Å². The molecule has 2 aromatic rings. The molecule has 2 aromatic carbocycles. The van der Waals surface area contributed by atoms with Crippen molar-refractivity contribution in [3.8, 4) is 34.8 Å². The van der Waals surface area contributed by atoms with Crippen LogP contribution in [0.15, 0.2) is 65.1 Å². The van der Waals surface area contributed by atoms with E-state index >= 15 is 0 Å². The van der Waals surface area contributed by atoms with Gasteiger partial charge in [-0.05, 0) is 57.5 Å². The van der Waals surface area contributed by atoms with Crippen LogP contribution in [0.25, 0.3) is 33.4 Å². The van der Waals surface area contributed by atoms with E-state index < -0.39 is 0 Å². The lowest BCUT2D eigenvalue weighted by atomic mass is 9.90. The van der Waals surface area contributed by atoms with Crippen molar-refractivity contribution in [2.75, 3.05) is 44.7 Å². The number of terminal acetylenes is 1. The lowest BCUT2D eigenvalue weighted by Crippen LogP contribution is -2.29. The van der Waals surface area contributed by atoms with Crippen molar-refractivity contribution in [2.45, 2.75) is 27.7 Å². The maximum atomic E-state index is 13.4. The zero-order chi connectivity index (χ0) is 26.5. The highest BCUT2D eigenvalue weighted by atomic mass is 16.3. The van der Waals surface area contributed by atoms with Gasteiger partial charge in [0, 0.05) is 60.0 Å². The van der Waals surface area contributed by atoms with Gasteiger partial charge < -0.3 is 14.2 Å². The van der Waals surface area contributed by atoms with Crippen LogP contribution in [0.3, 0.4) is 0 Å². The van der Waals surface area contributed by atoms with E-state index in [4.69, 9.17) is 10.8 Å². The molecule has 0 unspecified atom stereocenters. The minimum atomic E-state index is -0.102.